The number of rotatable bonds is 7. The van der Waals surface area contributed by atoms with Gasteiger partial charge >= 0.3 is 0 Å². The molecule has 218 valence electrons. The summed E-state index contributed by atoms with van der Waals surface area (Å²) >= 11 is 0. The van der Waals surface area contributed by atoms with E-state index in [-0.39, 0.29) is 22.6 Å². The molecule has 2 fully saturated rings. The van der Waals surface area contributed by atoms with E-state index < -0.39 is 38.9 Å². The molecule has 5 rings (SSSR count). The highest BCUT2D eigenvalue weighted by molar-refractivity contribution is 7.89. The van der Waals surface area contributed by atoms with Gasteiger partial charge in [0.1, 0.15) is 5.76 Å². The van der Waals surface area contributed by atoms with Crippen LogP contribution in [0.1, 0.15) is 43.2 Å². The minimum atomic E-state index is -3.73. The van der Waals surface area contributed by atoms with Gasteiger partial charge in [-0.05, 0) is 70.2 Å². The zero-order valence-corrected chi connectivity index (χ0v) is 24.5. The number of likely N-dealkylation sites (tertiary alicyclic amines) is 1. The second kappa shape index (κ2) is 11.0. The molecule has 1 spiro atoms. The van der Waals surface area contributed by atoms with Crippen LogP contribution in [-0.4, -0.2) is 92.5 Å². The molecule has 1 N–H and O–H groups in total. The van der Waals surface area contributed by atoms with Crippen molar-refractivity contribution < 1.29 is 27.9 Å². The van der Waals surface area contributed by atoms with Crippen LogP contribution < -0.4 is 4.90 Å². The van der Waals surface area contributed by atoms with Crippen molar-refractivity contribution in [1.82, 2.24) is 14.1 Å². The molecule has 41 heavy (non-hydrogen) atoms. The number of hydrogen-bond acceptors (Lipinski definition) is 7. The van der Waals surface area contributed by atoms with Crippen molar-refractivity contribution >= 4 is 39.1 Å². The molecule has 0 aliphatic carbocycles. The zero-order chi connectivity index (χ0) is 29.5. The smallest absolute Gasteiger partial charge is 0.296 e. The summed E-state index contributed by atoms with van der Waals surface area (Å²) in [5.74, 6) is -2.84. The Balaban J connectivity index is 1.61. The summed E-state index contributed by atoms with van der Waals surface area (Å²) in [5.41, 5.74) is -1.00. The van der Waals surface area contributed by atoms with Gasteiger partial charge in [0.05, 0.1) is 10.5 Å². The number of Topliss-reactive ketones (excluding diaryl/α,β-unsaturated/α-hetero) is 1. The Kier molecular flexibility index (Phi) is 7.80. The number of aliphatic hydroxyl groups is 1. The van der Waals surface area contributed by atoms with Gasteiger partial charge in [0.2, 0.25) is 10.0 Å². The fourth-order valence-electron chi connectivity index (χ4n) is 6.18. The number of anilines is 1. The van der Waals surface area contributed by atoms with E-state index in [9.17, 15) is 27.9 Å². The monoisotopic (exact) mass is 580 g/mol. The van der Waals surface area contributed by atoms with Gasteiger partial charge in [0.25, 0.3) is 17.6 Å². The zero-order valence-electron chi connectivity index (χ0n) is 23.7. The Morgan fingerprint density at radius 1 is 0.951 bits per heavy atom. The summed E-state index contributed by atoms with van der Waals surface area (Å²) < 4.78 is 28.0. The number of fused-ring (bicyclic) bond motifs is 2. The summed E-state index contributed by atoms with van der Waals surface area (Å²) in [7, 11) is 1.64. The lowest BCUT2D eigenvalue weighted by molar-refractivity contribution is -0.143. The molecule has 2 aromatic carbocycles. The molecule has 2 amide bonds. The molecule has 10 nitrogen and oxygen atoms in total. The molecule has 2 aromatic rings. The fraction of sp³-hybridized carbons (Fsp3) is 0.433. The molecule has 1 unspecified atom stereocenters. The van der Waals surface area contributed by atoms with Gasteiger partial charge in [-0.15, -0.1) is 0 Å². The second-order valence-electron chi connectivity index (χ2n) is 11.1. The number of carbonyl (C=O) groups is 3. The molecule has 1 atom stereocenters. The SMILES string of the molecule is CN(C)CCCN1C(=O)C(=O)/C(=C(\O)c2ccc(S(=O)(=O)N3CCCCCC3)cc2)C12C(=O)N(C)c1ccccc12. The number of benzene rings is 2. The molecule has 0 radical (unpaired) electrons. The average Bonchev–Trinajstić information content (AvgIpc) is 3.17. The quantitative estimate of drug-likeness (QED) is 0.304. The van der Waals surface area contributed by atoms with Crippen LogP contribution in [0.3, 0.4) is 0 Å². The van der Waals surface area contributed by atoms with Crippen LogP contribution in [0.25, 0.3) is 5.76 Å². The Morgan fingerprint density at radius 3 is 2.22 bits per heavy atom. The largest absolute Gasteiger partial charge is 0.507 e. The van der Waals surface area contributed by atoms with Crippen molar-refractivity contribution in [1.29, 1.82) is 0 Å². The summed E-state index contributed by atoms with van der Waals surface area (Å²) in [4.78, 5) is 45.9. The van der Waals surface area contributed by atoms with Gasteiger partial charge in [0.15, 0.2) is 5.54 Å². The van der Waals surface area contributed by atoms with Crippen LogP contribution in [0.15, 0.2) is 59.0 Å². The number of para-hydroxylation sites is 1. The van der Waals surface area contributed by atoms with Crippen LogP contribution >= 0.6 is 0 Å². The summed E-state index contributed by atoms with van der Waals surface area (Å²) in [5, 5.41) is 11.6. The maximum absolute atomic E-state index is 14.1. The van der Waals surface area contributed by atoms with Gasteiger partial charge in [-0.1, -0.05) is 31.0 Å². The lowest BCUT2D eigenvalue weighted by Gasteiger charge is -2.34. The number of sulfonamides is 1. The number of hydrogen-bond donors (Lipinski definition) is 1. The molecule has 11 heteroatoms. The lowest BCUT2D eigenvalue weighted by Crippen LogP contribution is -2.51. The molecule has 0 bridgehead atoms. The highest BCUT2D eigenvalue weighted by atomic mass is 32.2. The topological polar surface area (TPSA) is 119 Å². The van der Waals surface area contributed by atoms with Gasteiger partial charge in [-0.25, -0.2) is 8.42 Å². The second-order valence-corrected chi connectivity index (χ2v) is 13.0. The maximum atomic E-state index is 14.1. The third-order valence-corrected chi connectivity index (χ3v) is 10.2. The third kappa shape index (κ3) is 4.65. The first-order chi connectivity index (χ1) is 19.5. The van der Waals surface area contributed by atoms with Crippen LogP contribution in [0, 0.1) is 0 Å². The fourth-order valence-corrected chi connectivity index (χ4v) is 7.69. The van der Waals surface area contributed by atoms with Gasteiger partial charge in [-0.2, -0.15) is 4.31 Å². The minimum Gasteiger partial charge on any atom is -0.507 e. The average molecular weight is 581 g/mol. The Morgan fingerprint density at radius 2 is 1.59 bits per heavy atom. The number of carbonyl (C=O) groups excluding carboxylic acids is 3. The first-order valence-electron chi connectivity index (χ1n) is 14.0. The van der Waals surface area contributed by atoms with Crippen LogP contribution in [0.2, 0.25) is 0 Å². The van der Waals surface area contributed by atoms with E-state index in [1.807, 2.05) is 19.0 Å². The summed E-state index contributed by atoms with van der Waals surface area (Å²) in [6, 6.07) is 12.6. The van der Waals surface area contributed by atoms with Crippen molar-refractivity contribution in [3.63, 3.8) is 0 Å². The molecule has 3 aliphatic rings. The van der Waals surface area contributed by atoms with E-state index >= 15 is 0 Å². The normalized spacial score (nSPS) is 23.1. The third-order valence-electron chi connectivity index (χ3n) is 8.26. The molecular weight excluding hydrogens is 544 g/mol. The molecule has 3 heterocycles. The Hall–Kier alpha value is -3.54. The molecule has 0 aromatic heterocycles. The summed E-state index contributed by atoms with van der Waals surface area (Å²) in [6.07, 6.45) is 4.09. The molecule has 2 saturated heterocycles. The van der Waals surface area contributed by atoms with Crippen LogP contribution in [-0.2, 0) is 29.9 Å². The first kappa shape index (κ1) is 29.0. The predicted molar refractivity (Wildman–Crippen MR) is 155 cm³/mol. The van der Waals surface area contributed by atoms with Crippen molar-refractivity contribution in [2.45, 2.75) is 42.5 Å². The standard InChI is InChI=1S/C30H36N4O6S/c1-31(2)17-10-20-34-28(37)27(36)25(30(34)23-11-6-7-12-24(23)32(3)29(30)38)26(35)21-13-15-22(16-14-21)41(39,40)33-18-8-4-5-9-19-33/h6-7,11-16,35H,4-5,8-10,17-20H2,1-3H3/b26-25+. The highest BCUT2D eigenvalue weighted by Crippen LogP contribution is 2.53. The Labute approximate surface area is 240 Å². The first-order valence-corrected chi connectivity index (χ1v) is 15.4. The van der Waals surface area contributed by atoms with Crippen molar-refractivity contribution in [2.24, 2.45) is 0 Å². The van der Waals surface area contributed by atoms with Gasteiger partial charge < -0.3 is 19.8 Å². The maximum Gasteiger partial charge on any atom is 0.296 e. The highest BCUT2D eigenvalue weighted by Gasteiger charge is 2.66. The van der Waals surface area contributed by atoms with E-state index in [4.69, 9.17) is 0 Å². The minimum absolute atomic E-state index is 0.0804. The van der Waals surface area contributed by atoms with Crippen LogP contribution in [0.4, 0.5) is 5.69 Å². The Bertz CT molecular complexity index is 1510. The van der Waals surface area contributed by atoms with Gasteiger partial charge in [-0.3, -0.25) is 14.4 Å². The van der Waals surface area contributed by atoms with E-state index in [1.165, 1.54) is 38.4 Å². The predicted octanol–water partition coefficient (Wildman–Crippen LogP) is 2.76. The van der Waals surface area contributed by atoms with Crippen molar-refractivity contribution in [3.05, 3.63) is 65.2 Å². The van der Waals surface area contributed by atoms with Gasteiger partial charge in [0, 0.05) is 43.5 Å². The molecule has 3 aliphatic heterocycles. The van der Waals surface area contributed by atoms with Crippen LogP contribution in [0.5, 0.6) is 0 Å². The van der Waals surface area contributed by atoms with E-state index in [2.05, 4.69) is 0 Å². The lowest BCUT2D eigenvalue weighted by atomic mass is 9.82. The number of ketones is 1. The molecular formula is C30H36N4O6S. The molecule has 0 saturated carbocycles. The summed E-state index contributed by atoms with van der Waals surface area (Å²) in [6.45, 7) is 1.66. The number of nitrogens with zero attached hydrogens (tertiary/aromatic N) is 4. The number of likely N-dealkylation sites (N-methyl/N-ethyl adjacent to an activating group) is 1. The van der Waals surface area contributed by atoms with E-state index in [1.54, 1.807) is 31.3 Å². The number of aliphatic hydroxyl groups excluding tert-OH is 1. The van der Waals surface area contributed by atoms with Crippen molar-refractivity contribution in [2.75, 3.05) is 52.2 Å². The number of amides is 2. The van der Waals surface area contributed by atoms with Crippen molar-refractivity contribution in [3.8, 4) is 0 Å². The van der Waals surface area contributed by atoms with E-state index in [0.29, 0.717) is 37.3 Å². The van der Waals surface area contributed by atoms with E-state index in [0.717, 1.165) is 25.7 Å².